The number of nitrogens with two attached hydrogens (primary N) is 1. The Balaban J connectivity index is 1.80. The smallest absolute Gasteiger partial charge is 0.109 e. The number of aromatic amines is 1. The van der Waals surface area contributed by atoms with Crippen LogP contribution in [0.4, 0.5) is 0 Å². The fraction of sp³-hybridized carbons (Fsp3) is 0.769. The van der Waals surface area contributed by atoms with Gasteiger partial charge in [0.15, 0.2) is 0 Å². The summed E-state index contributed by atoms with van der Waals surface area (Å²) in [6, 6.07) is 0. The highest BCUT2D eigenvalue weighted by molar-refractivity contribution is 5.06. The summed E-state index contributed by atoms with van der Waals surface area (Å²) in [5.74, 6) is 4.51. The summed E-state index contributed by atoms with van der Waals surface area (Å²) in [5, 5.41) is 0. The number of imidazole rings is 1. The van der Waals surface area contributed by atoms with Crippen molar-refractivity contribution in [3.05, 3.63) is 18.2 Å². The molecule has 88 valence electrons. The van der Waals surface area contributed by atoms with Gasteiger partial charge in [0.1, 0.15) is 5.82 Å². The predicted molar refractivity (Wildman–Crippen MR) is 63.9 cm³/mol. The zero-order valence-electron chi connectivity index (χ0n) is 9.73. The Hall–Kier alpha value is -0.830. The van der Waals surface area contributed by atoms with E-state index >= 15 is 0 Å². The molecule has 3 saturated carbocycles. The second kappa shape index (κ2) is 4.21. The molecule has 1 aromatic heterocycles. The normalized spacial score (nSPS) is 37.8. The highest BCUT2D eigenvalue weighted by Gasteiger charge is 2.42. The van der Waals surface area contributed by atoms with Gasteiger partial charge >= 0.3 is 0 Å². The molecule has 3 N–H and O–H groups in total. The van der Waals surface area contributed by atoms with E-state index in [0.717, 1.165) is 24.3 Å². The van der Waals surface area contributed by atoms with Crippen molar-refractivity contribution in [2.24, 2.45) is 23.5 Å². The molecule has 4 unspecified atom stereocenters. The van der Waals surface area contributed by atoms with Gasteiger partial charge in [-0.25, -0.2) is 4.98 Å². The number of hydrogen-bond donors (Lipinski definition) is 2. The van der Waals surface area contributed by atoms with Crippen LogP contribution >= 0.6 is 0 Å². The maximum absolute atomic E-state index is 5.73. The summed E-state index contributed by atoms with van der Waals surface area (Å²) in [5.41, 5.74) is 5.73. The highest BCUT2D eigenvalue weighted by atomic mass is 14.9. The molecule has 0 radical (unpaired) electrons. The van der Waals surface area contributed by atoms with Gasteiger partial charge in [-0.2, -0.15) is 0 Å². The van der Waals surface area contributed by atoms with Gasteiger partial charge in [0, 0.05) is 18.3 Å². The fourth-order valence-corrected chi connectivity index (χ4v) is 4.00. The van der Waals surface area contributed by atoms with Crippen molar-refractivity contribution in [1.82, 2.24) is 9.97 Å². The molecular weight excluding hydrogens is 198 g/mol. The second-order valence-electron chi connectivity index (χ2n) is 5.50. The van der Waals surface area contributed by atoms with Gasteiger partial charge in [0.2, 0.25) is 0 Å². The molecule has 3 fully saturated rings. The number of rotatable bonds is 3. The Morgan fingerprint density at radius 3 is 3.00 bits per heavy atom. The third-order valence-electron chi connectivity index (χ3n) is 4.66. The first-order chi connectivity index (χ1) is 7.88. The lowest BCUT2D eigenvalue weighted by Gasteiger charge is -2.47. The van der Waals surface area contributed by atoms with Gasteiger partial charge in [-0.05, 0) is 50.0 Å². The predicted octanol–water partition coefficient (Wildman–Crippen LogP) is 2.28. The zero-order chi connectivity index (χ0) is 11.0. The van der Waals surface area contributed by atoms with Crippen LogP contribution in [-0.2, 0) is 0 Å². The standard InChI is InChI=1S/C13H21N3/c14-4-3-10-7-9-1-2-11(10)12(8-9)13-15-5-6-16-13/h5-6,9-12H,1-4,7-8,14H2,(H,15,16). The van der Waals surface area contributed by atoms with Crippen LogP contribution in [0.1, 0.15) is 43.8 Å². The largest absolute Gasteiger partial charge is 0.348 e. The molecule has 4 rings (SSSR count). The van der Waals surface area contributed by atoms with Crippen LogP contribution in [0.15, 0.2) is 12.4 Å². The number of H-pyrrole nitrogens is 1. The molecule has 2 bridgehead atoms. The number of hydrogen-bond acceptors (Lipinski definition) is 2. The number of fused-ring (bicyclic) bond motifs is 3. The van der Waals surface area contributed by atoms with Crippen molar-refractivity contribution in [3.63, 3.8) is 0 Å². The molecule has 1 aromatic rings. The van der Waals surface area contributed by atoms with Gasteiger partial charge in [-0.1, -0.05) is 6.42 Å². The quantitative estimate of drug-likeness (QED) is 0.819. The Bertz CT molecular complexity index is 333. The zero-order valence-corrected chi connectivity index (χ0v) is 9.73. The fourth-order valence-electron chi connectivity index (χ4n) is 4.00. The van der Waals surface area contributed by atoms with Gasteiger partial charge in [0.25, 0.3) is 0 Å². The summed E-state index contributed by atoms with van der Waals surface area (Å²) in [6.07, 6.45) is 10.6. The molecule has 3 nitrogen and oxygen atoms in total. The van der Waals surface area contributed by atoms with Crippen molar-refractivity contribution in [2.75, 3.05) is 6.54 Å². The van der Waals surface area contributed by atoms with Crippen LogP contribution in [0.3, 0.4) is 0 Å². The first-order valence-electron chi connectivity index (χ1n) is 6.58. The maximum atomic E-state index is 5.73. The maximum Gasteiger partial charge on any atom is 0.109 e. The lowest BCUT2D eigenvalue weighted by molar-refractivity contribution is 0.0667. The van der Waals surface area contributed by atoms with Crippen LogP contribution in [0.25, 0.3) is 0 Å². The number of nitrogens with one attached hydrogen (secondary N) is 1. The van der Waals surface area contributed by atoms with E-state index in [1.165, 1.54) is 37.9 Å². The molecule has 0 amide bonds. The summed E-state index contributed by atoms with van der Waals surface area (Å²) >= 11 is 0. The average molecular weight is 219 g/mol. The van der Waals surface area contributed by atoms with Crippen LogP contribution in [0.5, 0.6) is 0 Å². The number of aromatic nitrogens is 2. The molecule has 3 aliphatic rings. The molecule has 1 heterocycles. The first-order valence-corrected chi connectivity index (χ1v) is 6.58. The lowest BCUT2D eigenvalue weighted by atomic mass is 9.58. The van der Waals surface area contributed by atoms with Gasteiger partial charge in [0.05, 0.1) is 0 Å². The highest BCUT2D eigenvalue weighted by Crippen LogP contribution is 2.52. The van der Waals surface area contributed by atoms with Gasteiger partial charge in [-0.15, -0.1) is 0 Å². The third-order valence-corrected chi connectivity index (χ3v) is 4.66. The van der Waals surface area contributed by atoms with E-state index in [1.807, 2.05) is 12.4 Å². The third kappa shape index (κ3) is 1.67. The molecule has 3 aliphatic carbocycles. The van der Waals surface area contributed by atoms with Crippen LogP contribution < -0.4 is 5.73 Å². The molecule has 0 aromatic carbocycles. The Morgan fingerprint density at radius 2 is 2.31 bits per heavy atom. The molecule has 0 spiro atoms. The SMILES string of the molecule is NCCC1CC2CCC1C(c1ncc[nH]1)C2. The summed E-state index contributed by atoms with van der Waals surface area (Å²) in [4.78, 5) is 7.78. The summed E-state index contributed by atoms with van der Waals surface area (Å²) in [6.45, 7) is 0.846. The van der Waals surface area contributed by atoms with E-state index in [0.29, 0.717) is 5.92 Å². The first kappa shape index (κ1) is 10.3. The van der Waals surface area contributed by atoms with E-state index in [4.69, 9.17) is 5.73 Å². The molecule has 16 heavy (non-hydrogen) atoms. The Kier molecular flexibility index (Phi) is 2.72. The van der Waals surface area contributed by atoms with Crippen molar-refractivity contribution in [3.8, 4) is 0 Å². The molecule has 4 atom stereocenters. The minimum atomic E-state index is 0.680. The van der Waals surface area contributed by atoms with Crippen molar-refractivity contribution in [2.45, 2.75) is 38.0 Å². The summed E-state index contributed by atoms with van der Waals surface area (Å²) < 4.78 is 0. The van der Waals surface area contributed by atoms with E-state index in [1.54, 1.807) is 0 Å². The molecular formula is C13H21N3. The lowest BCUT2D eigenvalue weighted by Crippen LogP contribution is -2.38. The van der Waals surface area contributed by atoms with E-state index in [2.05, 4.69) is 9.97 Å². The summed E-state index contributed by atoms with van der Waals surface area (Å²) in [7, 11) is 0. The van der Waals surface area contributed by atoms with E-state index in [9.17, 15) is 0 Å². The van der Waals surface area contributed by atoms with Gasteiger partial charge in [-0.3, -0.25) is 0 Å². The topological polar surface area (TPSA) is 54.7 Å². The van der Waals surface area contributed by atoms with Gasteiger partial charge < -0.3 is 10.7 Å². The van der Waals surface area contributed by atoms with Crippen LogP contribution in [-0.4, -0.2) is 16.5 Å². The average Bonchev–Trinajstić information content (AvgIpc) is 2.83. The van der Waals surface area contributed by atoms with Crippen molar-refractivity contribution in [1.29, 1.82) is 0 Å². The molecule has 3 heteroatoms. The Labute approximate surface area is 96.8 Å². The monoisotopic (exact) mass is 219 g/mol. The van der Waals surface area contributed by atoms with Crippen molar-refractivity contribution < 1.29 is 0 Å². The minimum Gasteiger partial charge on any atom is -0.348 e. The van der Waals surface area contributed by atoms with Crippen molar-refractivity contribution >= 4 is 0 Å². The minimum absolute atomic E-state index is 0.680. The van der Waals surface area contributed by atoms with E-state index in [-0.39, 0.29) is 0 Å². The number of nitrogens with zero attached hydrogens (tertiary/aromatic N) is 1. The van der Waals surface area contributed by atoms with Crippen LogP contribution in [0, 0.1) is 17.8 Å². The molecule has 0 saturated heterocycles. The van der Waals surface area contributed by atoms with E-state index < -0.39 is 0 Å². The van der Waals surface area contributed by atoms with Crippen LogP contribution in [0.2, 0.25) is 0 Å². The Morgan fingerprint density at radius 1 is 1.38 bits per heavy atom. The second-order valence-corrected chi connectivity index (χ2v) is 5.50. The molecule has 0 aliphatic heterocycles.